The number of aromatic nitrogens is 2. The van der Waals surface area contributed by atoms with E-state index in [1.54, 1.807) is 38.4 Å². The van der Waals surface area contributed by atoms with E-state index in [1.165, 1.54) is 4.68 Å². The van der Waals surface area contributed by atoms with Gasteiger partial charge in [-0.25, -0.2) is 0 Å². The van der Waals surface area contributed by atoms with E-state index < -0.39 is 0 Å². The molecule has 0 aliphatic carbocycles. The van der Waals surface area contributed by atoms with Crippen molar-refractivity contribution in [1.82, 2.24) is 9.78 Å². The SMILES string of the molecule is COc1ccc(NC(=O)c2cc(C)nn2C)c(N)c1. The van der Waals surface area contributed by atoms with E-state index in [-0.39, 0.29) is 5.91 Å². The third-order valence-corrected chi connectivity index (χ3v) is 2.74. The Kier molecular flexibility index (Phi) is 3.41. The fourth-order valence-corrected chi connectivity index (χ4v) is 1.79. The molecule has 6 nitrogen and oxygen atoms in total. The van der Waals surface area contributed by atoms with Gasteiger partial charge in [0, 0.05) is 13.1 Å². The number of nitrogens with two attached hydrogens (primary N) is 1. The second-order valence-corrected chi connectivity index (χ2v) is 4.20. The van der Waals surface area contributed by atoms with E-state index in [0.29, 0.717) is 22.8 Å². The monoisotopic (exact) mass is 260 g/mol. The maximum atomic E-state index is 12.1. The zero-order chi connectivity index (χ0) is 14.0. The van der Waals surface area contributed by atoms with E-state index in [2.05, 4.69) is 10.4 Å². The van der Waals surface area contributed by atoms with Gasteiger partial charge in [0.2, 0.25) is 0 Å². The van der Waals surface area contributed by atoms with Gasteiger partial charge in [-0.1, -0.05) is 0 Å². The van der Waals surface area contributed by atoms with Crippen molar-refractivity contribution in [1.29, 1.82) is 0 Å². The molecule has 1 aromatic carbocycles. The Morgan fingerprint density at radius 1 is 1.42 bits per heavy atom. The van der Waals surface area contributed by atoms with Gasteiger partial charge in [-0.05, 0) is 25.1 Å². The van der Waals surface area contributed by atoms with Crippen LogP contribution in [0, 0.1) is 6.92 Å². The summed E-state index contributed by atoms with van der Waals surface area (Å²) in [4.78, 5) is 12.1. The number of methoxy groups -OCH3 is 1. The van der Waals surface area contributed by atoms with Crippen LogP contribution in [0.3, 0.4) is 0 Å². The average Bonchev–Trinajstić information content (AvgIpc) is 2.71. The predicted octanol–water partition coefficient (Wildman–Crippen LogP) is 1.57. The maximum absolute atomic E-state index is 12.1. The smallest absolute Gasteiger partial charge is 0.273 e. The summed E-state index contributed by atoms with van der Waals surface area (Å²) in [5.41, 5.74) is 8.11. The van der Waals surface area contributed by atoms with Gasteiger partial charge in [-0.3, -0.25) is 9.48 Å². The Hall–Kier alpha value is -2.50. The van der Waals surface area contributed by atoms with E-state index >= 15 is 0 Å². The van der Waals surface area contributed by atoms with Crippen LogP contribution in [0.4, 0.5) is 11.4 Å². The van der Waals surface area contributed by atoms with Crippen LogP contribution >= 0.6 is 0 Å². The molecule has 6 heteroatoms. The standard InChI is InChI=1S/C13H16N4O2/c1-8-6-12(17(2)16-8)13(18)15-11-5-4-9(19-3)7-10(11)14/h4-7H,14H2,1-3H3,(H,15,18). The number of rotatable bonds is 3. The summed E-state index contributed by atoms with van der Waals surface area (Å²) in [5, 5.41) is 6.88. The molecule has 3 N–H and O–H groups in total. The lowest BCUT2D eigenvalue weighted by Gasteiger charge is -2.09. The molecule has 0 spiro atoms. The van der Waals surface area contributed by atoms with Crippen LogP contribution in [0.2, 0.25) is 0 Å². The molecular weight excluding hydrogens is 244 g/mol. The molecule has 2 aromatic rings. The molecule has 0 aliphatic rings. The molecule has 0 saturated carbocycles. The minimum Gasteiger partial charge on any atom is -0.497 e. The number of aryl methyl sites for hydroxylation is 2. The topological polar surface area (TPSA) is 82.2 Å². The van der Waals surface area contributed by atoms with Crippen molar-refractivity contribution in [2.75, 3.05) is 18.2 Å². The maximum Gasteiger partial charge on any atom is 0.273 e. The molecule has 2 rings (SSSR count). The normalized spacial score (nSPS) is 10.3. The molecule has 19 heavy (non-hydrogen) atoms. The van der Waals surface area contributed by atoms with Crippen LogP contribution < -0.4 is 15.8 Å². The highest BCUT2D eigenvalue weighted by molar-refractivity contribution is 6.04. The first-order valence-corrected chi connectivity index (χ1v) is 5.76. The molecule has 1 heterocycles. The number of anilines is 2. The van der Waals surface area contributed by atoms with Crippen LogP contribution in [-0.2, 0) is 7.05 Å². The summed E-state index contributed by atoms with van der Waals surface area (Å²) in [6.07, 6.45) is 0. The Morgan fingerprint density at radius 2 is 2.16 bits per heavy atom. The van der Waals surface area contributed by atoms with Crippen molar-refractivity contribution in [2.45, 2.75) is 6.92 Å². The number of amides is 1. The highest BCUT2D eigenvalue weighted by Crippen LogP contribution is 2.24. The summed E-state index contributed by atoms with van der Waals surface area (Å²) in [6.45, 7) is 1.83. The Bertz CT molecular complexity index is 619. The molecule has 0 aliphatic heterocycles. The van der Waals surface area contributed by atoms with Crippen LogP contribution in [0.1, 0.15) is 16.2 Å². The number of nitrogens with zero attached hydrogens (tertiary/aromatic N) is 2. The number of nitrogen functional groups attached to an aromatic ring is 1. The predicted molar refractivity (Wildman–Crippen MR) is 73.3 cm³/mol. The van der Waals surface area contributed by atoms with Gasteiger partial charge in [-0.15, -0.1) is 0 Å². The van der Waals surface area contributed by atoms with E-state index in [1.807, 2.05) is 6.92 Å². The van der Waals surface area contributed by atoms with Gasteiger partial charge in [0.05, 0.1) is 24.2 Å². The lowest BCUT2D eigenvalue weighted by Crippen LogP contribution is -2.16. The number of carbonyl (C=O) groups excluding carboxylic acids is 1. The van der Waals surface area contributed by atoms with Crippen molar-refractivity contribution in [2.24, 2.45) is 7.05 Å². The number of hydrogen-bond acceptors (Lipinski definition) is 4. The summed E-state index contributed by atoms with van der Waals surface area (Å²) in [7, 11) is 3.28. The molecule has 0 saturated heterocycles. The number of nitrogens with one attached hydrogen (secondary N) is 1. The molecule has 0 fully saturated rings. The fourth-order valence-electron chi connectivity index (χ4n) is 1.79. The van der Waals surface area contributed by atoms with Crippen LogP contribution in [0.15, 0.2) is 24.3 Å². The minimum atomic E-state index is -0.250. The Labute approximate surface area is 111 Å². The lowest BCUT2D eigenvalue weighted by atomic mass is 10.2. The number of hydrogen-bond donors (Lipinski definition) is 2. The quantitative estimate of drug-likeness (QED) is 0.821. The first-order valence-electron chi connectivity index (χ1n) is 5.76. The van der Waals surface area contributed by atoms with Crippen LogP contribution in [0.25, 0.3) is 0 Å². The molecule has 0 unspecified atom stereocenters. The van der Waals surface area contributed by atoms with Gasteiger partial charge in [0.1, 0.15) is 11.4 Å². The summed E-state index contributed by atoms with van der Waals surface area (Å²) in [5.74, 6) is 0.395. The van der Waals surface area contributed by atoms with Gasteiger partial charge in [-0.2, -0.15) is 5.10 Å². The molecule has 0 bridgehead atoms. The average molecular weight is 260 g/mol. The third kappa shape index (κ3) is 2.67. The summed E-state index contributed by atoms with van der Waals surface area (Å²) >= 11 is 0. The number of carbonyl (C=O) groups is 1. The molecular formula is C13H16N4O2. The first kappa shape index (κ1) is 12.9. The van der Waals surface area contributed by atoms with Gasteiger partial charge >= 0.3 is 0 Å². The van der Waals surface area contributed by atoms with Crippen molar-refractivity contribution < 1.29 is 9.53 Å². The molecule has 1 amide bonds. The van der Waals surface area contributed by atoms with Crippen LogP contribution in [-0.4, -0.2) is 22.8 Å². The largest absolute Gasteiger partial charge is 0.497 e. The van der Waals surface area contributed by atoms with Crippen molar-refractivity contribution in [3.05, 3.63) is 35.7 Å². The molecule has 0 atom stereocenters. The Morgan fingerprint density at radius 3 is 2.68 bits per heavy atom. The molecule has 0 radical (unpaired) electrons. The highest BCUT2D eigenvalue weighted by Gasteiger charge is 2.13. The molecule has 1 aromatic heterocycles. The third-order valence-electron chi connectivity index (χ3n) is 2.74. The summed E-state index contributed by atoms with van der Waals surface area (Å²) in [6, 6.07) is 6.81. The van der Waals surface area contributed by atoms with E-state index in [4.69, 9.17) is 10.5 Å². The van der Waals surface area contributed by atoms with Gasteiger partial charge in [0.25, 0.3) is 5.91 Å². The summed E-state index contributed by atoms with van der Waals surface area (Å²) < 4.78 is 6.59. The Balaban J connectivity index is 2.22. The lowest BCUT2D eigenvalue weighted by molar-refractivity contribution is 0.101. The van der Waals surface area contributed by atoms with Gasteiger partial charge in [0.15, 0.2) is 0 Å². The van der Waals surface area contributed by atoms with Gasteiger partial charge < -0.3 is 15.8 Å². The van der Waals surface area contributed by atoms with Crippen molar-refractivity contribution in [3.8, 4) is 5.75 Å². The number of benzene rings is 1. The second-order valence-electron chi connectivity index (χ2n) is 4.20. The van der Waals surface area contributed by atoms with Crippen molar-refractivity contribution >= 4 is 17.3 Å². The second kappa shape index (κ2) is 5.01. The van der Waals surface area contributed by atoms with Crippen molar-refractivity contribution in [3.63, 3.8) is 0 Å². The first-order chi connectivity index (χ1) is 9.01. The highest BCUT2D eigenvalue weighted by atomic mass is 16.5. The fraction of sp³-hybridized carbons (Fsp3) is 0.231. The zero-order valence-electron chi connectivity index (χ0n) is 11.1. The zero-order valence-corrected chi connectivity index (χ0v) is 11.1. The number of ether oxygens (including phenoxy) is 1. The van der Waals surface area contributed by atoms with E-state index in [0.717, 1.165) is 5.69 Å². The van der Waals surface area contributed by atoms with Crippen LogP contribution in [0.5, 0.6) is 5.75 Å². The van der Waals surface area contributed by atoms with E-state index in [9.17, 15) is 4.79 Å². The minimum absolute atomic E-state index is 0.250. The molecule has 100 valence electrons.